The zero-order valence-corrected chi connectivity index (χ0v) is 11.6. The van der Waals surface area contributed by atoms with Gasteiger partial charge in [0, 0.05) is 19.0 Å². The molecule has 0 amide bonds. The van der Waals surface area contributed by atoms with Gasteiger partial charge in [0.25, 0.3) is 0 Å². The second-order valence-corrected chi connectivity index (χ2v) is 5.99. The molecule has 19 heavy (non-hydrogen) atoms. The first-order valence-electron chi connectivity index (χ1n) is 7.65. The van der Waals surface area contributed by atoms with Crippen molar-refractivity contribution in [2.24, 2.45) is 11.7 Å². The molecule has 2 heterocycles. The van der Waals surface area contributed by atoms with E-state index < -0.39 is 0 Å². The fourth-order valence-electron chi connectivity index (χ4n) is 3.41. The second-order valence-electron chi connectivity index (χ2n) is 5.99. The van der Waals surface area contributed by atoms with Crippen LogP contribution in [0.1, 0.15) is 50.1 Å². The largest absolute Gasteiger partial charge is 0.355 e. The van der Waals surface area contributed by atoms with E-state index in [0.717, 1.165) is 25.5 Å². The van der Waals surface area contributed by atoms with Crippen LogP contribution in [0.15, 0.2) is 12.1 Å². The van der Waals surface area contributed by atoms with Crippen molar-refractivity contribution in [1.29, 1.82) is 0 Å². The molecule has 2 aliphatic rings. The van der Waals surface area contributed by atoms with Gasteiger partial charge in [-0.25, -0.2) is 0 Å². The van der Waals surface area contributed by atoms with Gasteiger partial charge in [0.1, 0.15) is 0 Å². The van der Waals surface area contributed by atoms with Crippen LogP contribution >= 0.6 is 0 Å². The second kappa shape index (κ2) is 5.87. The van der Waals surface area contributed by atoms with E-state index in [-0.39, 0.29) is 0 Å². The molecule has 1 saturated carbocycles. The van der Waals surface area contributed by atoms with E-state index in [4.69, 9.17) is 5.73 Å². The number of rotatable bonds is 3. The van der Waals surface area contributed by atoms with E-state index in [0.29, 0.717) is 11.8 Å². The van der Waals surface area contributed by atoms with Gasteiger partial charge in [-0.15, -0.1) is 5.10 Å². The summed E-state index contributed by atoms with van der Waals surface area (Å²) in [6.07, 6.45) is 7.73. The summed E-state index contributed by atoms with van der Waals surface area (Å²) in [7, 11) is 0. The molecular formula is C15H24N4. The van der Waals surface area contributed by atoms with Crippen molar-refractivity contribution < 1.29 is 0 Å². The molecule has 3 rings (SSSR count). The summed E-state index contributed by atoms with van der Waals surface area (Å²) in [6.45, 7) is 2.91. The molecule has 1 aromatic heterocycles. The van der Waals surface area contributed by atoms with Crippen LogP contribution in [0.2, 0.25) is 0 Å². The molecule has 2 N–H and O–H groups in total. The predicted molar refractivity (Wildman–Crippen MR) is 77.2 cm³/mol. The monoisotopic (exact) mass is 260 g/mol. The van der Waals surface area contributed by atoms with Crippen molar-refractivity contribution in [3.63, 3.8) is 0 Å². The van der Waals surface area contributed by atoms with E-state index >= 15 is 0 Å². The molecule has 1 atom stereocenters. The molecule has 1 aliphatic heterocycles. The summed E-state index contributed by atoms with van der Waals surface area (Å²) in [4.78, 5) is 2.34. The van der Waals surface area contributed by atoms with Crippen molar-refractivity contribution in [1.82, 2.24) is 10.2 Å². The molecule has 104 valence electrons. The minimum Gasteiger partial charge on any atom is -0.355 e. The molecule has 1 aliphatic carbocycles. The summed E-state index contributed by atoms with van der Waals surface area (Å²) in [5.74, 6) is 2.30. The van der Waals surface area contributed by atoms with E-state index in [1.54, 1.807) is 0 Å². The van der Waals surface area contributed by atoms with Gasteiger partial charge in [0.15, 0.2) is 5.82 Å². The van der Waals surface area contributed by atoms with Gasteiger partial charge in [0.2, 0.25) is 0 Å². The van der Waals surface area contributed by atoms with Gasteiger partial charge >= 0.3 is 0 Å². The zero-order valence-electron chi connectivity index (χ0n) is 11.6. The number of nitrogens with zero attached hydrogens (tertiary/aromatic N) is 3. The summed E-state index contributed by atoms with van der Waals surface area (Å²) >= 11 is 0. The average Bonchev–Trinajstić information content (AvgIpc) is 3.02. The van der Waals surface area contributed by atoms with Crippen LogP contribution in [0.3, 0.4) is 0 Å². The fraction of sp³-hybridized carbons (Fsp3) is 0.733. The van der Waals surface area contributed by atoms with Gasteiger partial charge in [-0.1, -0.05) is 12.8 Å². The maximum absolute atomic E-state index is 5.79. The third kappa shape index (κ3) is 2.89. The topological polar surface area (TPSA) is 55.0 Å². The summed E-state index contributed by atoms with van der Waals surface area (Å²) < 4.78 is 0. The Labute approximate surface area is 115 Å². The molecule has 0 spiro atoms. The first-order chi connectivity index (χ1) is 9.36. The van der Waals surface area contributed by atoms with Crippen molar-refractivity contribution in [2.45, 2.75) is 44.4 Å². The number of nitrogens with two attached hydrogens (primary N) is 1. The van der Waals surface area contributed by atoms with E-state index in [1.165, 1.54) is 44.2 Å². The maximum Gasteiger partial charge on any atom is 0.151 e. The number of hydrogen-bond donors (Lipinski definition) is 1. The molecule has 0 aromatic carbocycles. The first-order valence-corrected chi connectivity index (χ1v) is 7.65. The highest BCUT2D eigenvalue weighted by Crippen LogP contribution is 2.33. The Hall–Kier alpha value is -1.16. The van der Waals surface area contributed by atoms with Gasteiger partial charge in [0.05, 0.1) is 5.69 Å². The van der Waals surface area contributed by atoms with Crippen molar-refractivity contribution in [3.05, 3.63) is 17.8 Å². The van der Waals surface area contributed by atoms with Gasteiger partial charge in [-0.05, 0) is 50.3 Å². The highest BCUT2D eigenvalue weighted by atomic mass is 15.3. The molecule has 0 bridgehead atoms. The number of hydrogen-bond acceptors (Lipinski definition) is 4. The molecule has 1 saturated heterocycles. The van der Waals surface area contributed by atoms with Crippen LogP contribution in [-0.4, -0.2) is 29.8 Å². The molecule has 1 aromatic rings. The third-order valence-electron chi connectivity index (χ3n) is 4.62. The van der Waals surface area contributed by atoms with Gasteiger partial charge in [-0.2, -0.15) is 5.10 Å². The molecule has 4 heteroatoms. The van der Waals surface area contributed by atoms with Crippen molar-refractivity contribution in [2.75, 3.05) is 24.5 Å². The van der Waals surface area contributed by atoms with E-state index in [1.807, 2.05) is 0 Å². The van der Waals surface area contributed by atoms with Crippen LogP contribution in [0.25, 0.3) is 0 Å². The van der Waals surface area contributed by atoms with E-state index in [9.17, 15) is 0 Å². The Morgan fingerprint density at radius 2 is 1.95 bits per heavy atom. The molecule has 4 nitrogen and oxygen atoms in total. The fourth-order valence-corrected chi connectivity index (χ4v) is 3.41. The summed E-state index contributed by atoms with van der Waals surface area (Å²) in [6, 6.07) is 4.34. The van der Waals surface area contributed by atoms with Crippen LogP contribution in [0, 0.1) is 5.92 Å². The van der Waals surface area contributed by atoms with Crippen LogP contribution in [-0.2, 0) is 0 Å². The van der Waals surface area contributed by atoms with Crippen LogP contribution in [0.5, 0.6) is 0 Å². The number of piperidine rings is 1. The maximum atomic E-state index is 5.79. The molecular weight excluding hydrogens is 236 g/mol. The zero-order chi connectivity index (χ0) is 13.1. The minimum absolute atomic E-state index is 0.616. The Balaban J connectivity index is 1.67. The minimum atomic E-state index is 0.616. The SMILES string of the molecule is NCC1CCCN(c2ccc(C3CCCC3)nn2)C1. The smallest absolute Gasteiger partial charge is 0.151 e. The number of anilines is 1. The van der Waals surface area contributed by atoms with E-state index in [2.05, 4.69) is 27.2 Å². The normalized spacial score (nSPS) is 24.9. The lowest BCUT2D eigenvalue weighted by molar-refractivity contribution is 0.421. The van der Waals surface area contributed by atoms with Crippen molar-refractivity contribution in [3.8, 4) is 0 Å². The number of aromatic nitrogens is 2. The lowest BCUT2D eigenvalue weighted by Gasteiger charge is -2.32. The Bertz CT molecular complexity index is 397. The van der Waals surface area contributed by atoms with Crippen molar-refractivity contribution >= 4 is 5.82 Å². The highest BCUT2D eigenvalue weighted by Gasteiger charge is 2.22. The Morgan fingerprint density at radius 1 is 1.11 bits per heavy atom. The summed E-state index contributed by atoms with van der Waals surface area (Å²) in [5, 5.41) is 8.91. The Kier molecular flexibility index (Phi) is 3.97. The standard InChI is InChI=1S/C15H24N4/c16-10-12-4-3-9-19(11-12)15-8-7-14(17-18-15)13-5-1-2-6-13/h7-8,12-13H,1-6,9-11,16H2. The summed E-state index contributed by atoms with van der Waals surface area (Å²) in [5.41, 5.74) is 6.98. The third-order valence-corrected chi connectivity index (χ3v) is 4.62. The average molecular weight is 260 g/mol. The van der Waals surface area contributed by atoms with Gasteiger partial charge in [-0.3, -0.25) is 0 Å². The van der Waals surface area contributed by atoms with Crippen LogP contribution in [0.4, 0.5) is 5.82 Å². The molecule has 0 radical (unpaired) electrons. The predicted octanol–water partition coefficient (Wildman–Crippen LogP) is 2.31. The Morgan fingerprint density at radius 3 is 2.63 bits per heavy atom. The quantitative estimate of drug-likeness (QED) is 0.906. The first kappa shape index (κ1) is 12.9. The highest BCUT2D eigenvalue weighted by molar-refractivity contribution is 5.38. The lowest BCUT2D eigenvalue weighted by atomic mass is 9.98. The van der Waals surface area contributed by atoms with Crippen LogP contribution < -0.4 is 10.6 Å². The molecule has 2 fully saturated rings. The lowest BCUT2D eigenvalue weighted by Crippen LogP contribution is -2.38. The van der Waals surface area contributed by atoms with Gasteiger partial charge < -0.3 is 10.6 Å². The molecule has 1 unspecified atom stereocenters.